The fraction of sp³-hybridized carbons (Fsp3) is 0.500. The molecular weight excluding hydrogens is 344 g/mol. The first-order chi connectivity index (χ1) is 9.63. The number of halogens is 2. The number of fused-ring (bicyclic) bond motifs is 1. The molecule has 0 fully saturated rings. The molecule has 0 saturated carbocycles. The van der Waals surface area contributed by atoms with Gasteiger partial charge in [0.25, 0.3) is 0 Å². The minimum absolute atomic E-state index is 0.139. The molecule has 1 aromatic carbocycles. The van der Waals surface area contributed by atoms with Gasteiger partial charge >= 0.3 is 0 Å². The Labute approximate surface area is 132 Å². The normalized spacial score (nSPS) is 13.0. The maximum atomic E-state index is 6.23. The van der Waals surface area contributed by atoms with Gasteiger partial charge in [0.1, 0.15) is 5.82 Å². The Hall–Kier alpha value is -0.620. The van der Waals surface area contributed by atoms with E-state index in [4.69, 9.17) is 21.1 Å². The van der Waals surface area contributed by atoms with E-state index in [1.165, 1.54) is 0 Å². The minimum atomic E-state index is -0.139. The number of nitrogens with zero attached hydrogens (tertiary/aromatic N) is 2. The second-order valence-corrected chi connectivity index (χ2v) is 6.05. The average molecular weight is 362 g/mol. The molecule has 2 rings (SSSR count). The predicted molar refractivity (Wildman–Crippen MR) is 84.4 cm³/mol. The molecule has 0 aliphatic rings. The van der Waals surface area contributed by atoms with Crippen molar-refractivity contribution in [3.8, 4) is 0 Å². The number of rotatable bonds is 7. The highest BCUT2D eigenvalue weighted by Gasteiger charge is 2.14. The van der Waals surface area contributed by atoms with E-state index in [-0.39, 0.29) is 5.38 Å². The lowest BCUT2D eigenvalue weighted by molar-refractivity contribution is 0.0667. The van der Waals surface area contributed by atoms with Crippen LogP contribution in [-0.2, 0) is 16.0 Å². The largest absolute Gasteiger partial charge is 0.382 e. The standard InChI is InChI=1S/C14H18BrClN2O2/c1-10(16)14-17-12-4-3-11(15)9-13(12)18(14)5-6-20-8-7-19-2/h3-4,9-10H,5-8H2,1-2H3. The Morgan fingerprint density at radius 3 is 2.85 bits per heavy atom. The lowest BCUT2D eigenvalue weighted by Gasteiger charge is -2.11. The first-order valence-electron chi connectivity index (χ1n) is 6.50. The van der Waals surface area contributed by atoms with Crippen molar-refractivity contribution < 1.29 is 9.47 Å². The Balaban J connectivity index is 2.19. The third kappa shape index (κ3) is 3.73. The van der Waals surface area contributed by atoms with Gasteiger partial charge in [0.2, 0.25) is 0 Å². The van der Waals surface area contributed by atoms with Crippen LogP contribution in [0.4, 0.5) is 0 Å². The molecule has 0 amide bonds. The first kappa shape index (κ1) is 15.8. The summed E-state index contributed by atoms with van der Waals surface area (Å²) in [5.74, 6) is 0.870. The number of benzene rings is 1. The Morgan fingerprint density at radius 1 is 1.35 bits per heavy atom. The summed E-state index contributed by atoms with van der Waals surface area (Å²) in [6, 6.07) is 6.03. The highest BCUT2D eigenvalue weighted by molar-refractivity contribution is 9.10. The summed E-state index contributed by atoms with van der Waals surface area (Å²) >= 11 is 9.72. The van der Waals surface area contributed by atoms with Gasteiger partial charge < -0.3 is 14.0 Å². The van der Waals surface area contributed by atoms with Gasteiger partial charge in [-0.2, -0.15) is 0 Å². The summed E-state index contributed by atoms with van der Waals surface area (Å²) < 4.78 is 13.6. The molecule has 110 valence electrons. The Kier molecular flexibility index (Phi) is 5.84. The van der Waals surface area contributed by atoms with E-state index < -0.39 is 0 Å². The monoisotopic (exact) mass is 360 g/mol. The molecule has 0 spiro atoms. The molecule has 4 nitrogen and oxygen atoms in total. The van der Waals surface area contributed by atoms with Crippen LogP contribution in [0.1, 0.15) is 18.1 Å². The zero-order chi connectivity index (χ0) is 14.5. The van der Waals surface area contributed by atoms with Crippen molar-refractivity contribution >= 4 is 38.6 Å². The third-order valence-corrected chi connectivity index (χ3v) is 3.68. The van der Waals surface area contributed by atoms with Gasteiger partial charge in [-0.15, -0.1) is 11.6 Å². The predicted octanol–water partition coefficient (Wildman–Crippen LogP) is 3.76. The zero-order valence-electron chi connectivity index (χ0n) is 11.6. The van der Waals surface area contributed by atoms with Crippen molar-refractivity contribution in [2.75, 3.05) is 26.9 Å². The topological polar surface area (TPSA) is 36.3 Å². The summed E-state index contributed by atoms with van der Waals surface area (Å²) in [7, 11) is 1.66. The van der Waals surface area contributed by atoms with Crippen LogP contribution >= 0.6 is 27.5 Å². The average Bonchev–Trinajstić information content (AvgIpc) is 2.77. The molecule has 0 aliphatic carbocycles. The fourth-order valence-electron chi connectivity index (χ4n) is 2.05. The van der Waals surface area contributed by atoms with Crippen molar-refractivity contribution in [3.63, 3.8) is 0 Å². The molecule has 1 unspecified atom stereocenters. The second-order valence-electron chi connectivity index (χ2n) is 4.48. The number of ether oxygens (including phenoxy) is 2. The van der Waals surface area contributed by atoms with E-state index in [1.54, 1.807) is 7.11 Å². The van der Waals surface area contributed by atoms with E-state index >= 15 is 0 Å². The number of methoxy groups -OCH3 is 1. The van der Waals surface area contributed by atoms with Crippen molar-refractivity contribution in [3.05, 3.63) is 28.5 Å². The van der Waals surface area contributed by atoms with Gasteiger partial charge in [-0.05, 0) is 25.1 Å². The van der Waals surface area contributed by atoms with E-state index in [0.717, 1.165) is 27.9 Å². The number of alkyl halides is 1. The van der Waals surface area contributed by atoms with E-state index in [0.29, 0.717) is 19.8 Å². The van der Waals surface area contributed by atoms with Crippen LogP contribution in [0, 0.1) is 0 Å². The molecule has 2 aromatic rings. The van der Waals surface area contributed by atoms with Crippen LogP contribution < -0.4 is 0 Å². The molecule has 0 radical (unpaired) electrons. The lowest BCUT2D eigenvalue weighted by Crippen LogP contribution is -2.12. The van der Waals surface area contributed by atoms with Gasteiger partial charge in [-0.1, -0.05) is 15.9 Å². The number of hydrogen-bond acceptors (Lipinski definition) is 3. The highest BCUT2D eigenvalue weighted by atomic mass is 79.9. The van der Waals surface area contributed by atoms with Crippen LogP contribution in [0.15, 0.2) is 22.7 Å². The van der Waals surface area contributed by atoms with Gasteiger partial charge in [-0.25, -0.2) is 4.98 Å². The van der Waals surface area contributed by atoms with Gasteiger partial charge in [-0.3, -0.25) is 0 Å². The Bertz CT molecular complexity index is 572. The van der Waals surface area contributed by atoms with Crippen LogP contribution in [0.25, 0.3) is 11.0 Å². The maximum Gasteiger partial charge on any atom is 0.127 e. The van der Waals surface area contributed by atoms with Gasteiger partial charge in [0.05, 0.1) is 36.2 Å². The number of hydrogen-bond donors (Lipinski definition) is 0. The summed E-state index contributed by atoms with van der Waals surface area (Å²) in [6.45, 7) is 4.47. The molecule has 1 aromatic heterocycles. The maximum absolute atomic E-state index is 6.23. The smallest absolute Gasteiger partial charge is 0.127 e. The molecule has 0 bridgehead atoms. The Morgan fingerprint density at radius 2 is 2.15 bits per heavy atom. The van der Waals surface area contributed by atoms with Crippen LogP contribution in [0.3, 0.4) is 0 Å². The molecule has 0 saturated heterocycles. The summed E-state index contributed by atoms with van der Waals surface area (Å²) in [6.07, 6.45) is 0. The van der Waals surface area contributed by atoms with E-state index in [2.05, 4.69) is 31.5 Å². The summed E-state index contributed by atoms with van der Waals surface area (Å²) in [5.41, 5.74) is 2.02. The SMILES string of the molecule is COCCOCCn1c(C(C)Cl)nc2ccc(Br)cc21. The van der Waals surface area contributed by atoms with E-state index in [1.807, 2.05) is 19.1 Å². The molecule has 0 aliphatic heterocycles. The fourth-order valence-corrected chi connectivity index (χ4v) is 2.57. The van der Waals surface area contributed by atoms with Crippen molar-refractivity contribution in [2.45, 2.75) is 18.8 Å². The zero-order valence-corrected chi connectivity index (χ0v) is 13.9. The quantitative estimate of drug-likeness (QED) is 0.556. The summed E-state index contributed by atoms with van der Waals surface area (Å²) in [5, 5.41) is -0.139. The van der Waals surface area contributed by atoms with Gasteiger partial charge in [0, 0.05) is 18.1 Å². The van der Waals surface area contributed by atoms with Crippen molar-refractivity contribution in [1.29, 1.82) is 0 Å². The minimum Gasteiger partial charge on any atom is -0.382 e. The first-order valence-corrected chi connectivity index (χ1v) is 7.73. The molecular formula is C14H18BrClN2O2. The summed E-state index contributed by atoms with van der Waals surface area (Å²) in [4.78, 5) is 4.60. The molecule has 20 heavy (non-hydrogen) atoms. The highest BCUT2D eigenvalue weighted by Crippen LogP contribution is 2.26. The molecule has 6 heteroatoms. The van der Waals surface area contributed by atoms with Crippen LogP contribution in [-0.4, -0.2) is 36.5 Å². The van der Waals surface area contributed by atoms with Crippen molar-refractivity contribution in [1.82, 2.24) is 9.55 Å². The number of aromatic nitrogens is 2. The van der Waals surface area contributed by atoms with Crippen LogP contribution in [0.2, 0.25) is 0 Å². The molecule has 1 atom stereocenters. The second kappa shape index (κ2) is 7.41. The third-order valence-electron chi connectivity index (χ3n) is 2.99. The van der Waals surface area contributed by atoms with Gasteiger partial charge in [0.15, 0.2) is 0 Å². The van der Waals surface area contributed by atoms with E-state index in [9.17, 15) is 0 Å². The molecule has 0 N–H and O–H groups in total. The van der Waals surface area contributed by atoms with Crippen LogP contribution in [0.5, 0.6) is 0 Å². The number of imidazole rings is 1. The van der Waals surface area contributed by atoms with Crippen molar-refractivity contribution in [2.24, 2.45) is 0 Å². The molecule has 1 heterocycles. The lowest BCUT2D eigenvalue weighted by atomic mass is 10.3.